The highest BCUT2D eigenvalue weighted by molar-refractivity contribution is 9.09. The molecule has 0 aromatic heterocycles. The van der Waals surface area contributed by atoms with E-state index in [0.717, 1.165) is 11.8 Å². The smallest absolute Gasteiger partial charge is 0.193 e. The second-order valence-electron chi connectivity index (χ2n) is 6.45. The molecule has 0 bridgehead atoms. The molecule has 0 N–H and O–H groups in total. The molecule has 0 aromatic rings. The summed E-state index contributed by atoms with van der Waals surface area (Å²) in [5.41, 5.74) is 0. The average Bonchev–Trinajstić information content (AvgIpc) is 2.10. The second-order valence-corrected chi connectivity index (χ2v) is 11.8. The molecule has 1 atom stereocenters. The first-order valence-electron chi connectivity index (χ1n) is 6.32. The van der Waals surface area contributed by atoms with Crippen molar-refractivity contribution in [2.75, 3.05) is 5.33 Å². The van der Waals surface area contributed by atoms with Crippen molar-refractivity contribution in [2.24, 2.45) is 5.92 Å². The molecule has 0 saturated heterocycles. The van der Waals surface area contributed by atoms with E-state index in [-0.39, 0.29) is 11.1 Å². The number of halogens is 1. The predicted molar refractivity (Wildman–Crippen MR) is 83.1 cm³/mol. The highest BCUT2D eigenvalue weighted by atomic mass is 79.9. The molecule has 1 nitrogen and oxygen atoms in total. The summed E-state index contributed by atoms with van der Waals surface area (Å²) < 4.78 is 6.36. The molecule has 17 heavy (non-hydrogen) atoms. The summed E-state index contributed by atoms with van der Waals surface area (Å²) in [5, 5.41) is 0.973. The van der Waals surface area contributed by atoms with Crippen LogP contribution >= 0.6 is 15.9 Å². The predicted octanol–water partition coefficient (Wildman–Crippen LogP) is 4.82. The van der Waals surface area contributed by atoms with Crippen LogP contribution in [0.5, 0.6) is 0 Å². The van der Waals surface area contributed by atoms with Gasteiger partial charge in [-0.1, -0.05) is 62.4 Å². The van der Waals surface area contributed by atoms with Gasteiger partial charge in [-0.25, -0.2) is 0 Å². The van der Waals surface area contributed by atoms with Crippen LogP contribution in [0.3, 0.4) is 0 Å². The normalized spacial score (nSPS) is 14.4. The van der Waals surface area contributed by atoms with Crippen molar-refractivity contribution in [1.29, 1.82) is 0 Å². The van der Waals surface area contributed by atoms with Crippen molar-refractivity contribution < 1.29 is 4.43 Å². The molecule has 0 fully saturated rings. The van der Waals surface area contributed by atoms with E-state index in [4.69, 9.17) is 4.43 Å². The van der Waals surface area contributed by atoms with E-state index in [0.29, 0.717) is 5.92 Å². The molecule has 0 aliphatic carbocycles. The van der Waals surface area contributed by atoms with Gasteiger partial charge in [-0.3, -0.25) is 0 Å². The Hall–Kier alpha value is 0.217. The summed E-state index contributed by atoms with van der Waals surface area (Å²) in [6.45, 7) is 15.8. The quantitative estimate of drug-likeness (QED) is 0.410. The van der Waals surface area contributed by atoms with Gasteiger partial charge in [0.25, 0.3) is 0 Å². The Balaban J connectivity index is 4.74. The monoisotopic (exact) mass is 318 g/mol. The highest BCUT2D eigenvalue weighted by Crippen LogP contribution is 2.37. The van der Waals surface area contributed by atoms with Crippen LogP contribution in [0.4, 0.5) is 0 Å². The zero-order chi connectivity index (χ0) is 13.7. The molecule has 0 spiro atoms. The van der Waals surface area contributed by atoms with E-state index in [1.807, 2.05) is 0 Å². The van der Waals surface area contributed by atoms with Crippen molar-refractivity contribution in [1.82, 2.24) is 0 Å². The molecule has 3 heteroatoms. The van der Waals surface area contributed by atoms with Crippen LogP contribution in [0.25, 0.3) is 0 Å². The molecule has 0 aromatic carbocycles. The zero-order valence-electron chi connectivity index (χ0n) is 12.4. The fraction of sp³-hybridized carbons (Fsp3) is 0.857. The van der Waals surface area contributed by atoms with Gasteiger partial charge in [0.15, 0.2) is 8.32 Å². The Bertz CT molecular complexity index is 281. The largest absolute Gasteiger partial charge is 0.403 e. The summed E-state index contributed by atoms with van der Waals surface area (Å²) >= 11 is 3.35. The van der Waals surface area contributed by atoms with Gasteiger partial charge >= 0.3 is 0 Å². The topological polar surface area (TPSA) is 9.23 Å². The number of hydrogen-bond acceptors (Lipinski definition) is 1. The van der Waals surface area contributed by atoms with Crippen molar-refractivity contribution in [3.05, 3.63) is 0 Å². The van der Waals surface area contributed by atoms with Gasteiger partial charge < -0.3 is 4.43 Å². The van der Waals surface area contributed by atoms with E-state index < -0.39 is 8.32 Å². The van der Waals surface area contributed by atoms with Crippen LogP contribution in [-0.2, 0) is 4.43 Å². The van der Waals surface area contributed by atoms with Gasteiger partial charge in [-0.05, 0) is 30.5 Å². The lowest BCUT2D eigenvalue weighted by atomic mass is 10.1. The van der Waals surface area contributed by atoms with Crippen molar-refractivity contribution in [3.63, 3.8) is 0 Å². The molecule has 0 aliphatic heterocycles. The van der Waals surface area contributed by atoms with Crippen molar-refractivity contribution in [3.8, 4) is 11.8 Å². The summed E-state index contributed by atoms with van der Waals surface area (Å²) in [7, 11) is -1.70. The van der Waals surface area contributed by atoms with Crippen LogP contribution < -0.4 is 0 Å². The van der Waals surface area contributed by atoms with Gasteiger partial charge in [0.1, 0.15) is 6.10 Å². The lowest BCUT2D eigenvalue weighted by Crippen LogP contribution is -2.43. The van der Waals surface area contributed by atoms with Crippen LogP contribution in [-0.4, -0.2) is 19.8 Å². The highest BCUT2D eigenvalue weighted by Gasteiger charge is 2.38. The maximum atomic E-state index is 6.36. The third-order valence-corrected chi connectivity index (χ3v) is 8.02. The second kappa shape index (κ2) is 6.97. The number of rotatable bonds is 4. The van der Waals surface area contributed by atoms with E-state index in [1.54, 1.807) is 0 Å². The van der Waals surface area contributed by atoms with Crippen molar-refractivity contribution in [2.45, 2.75) is 65.3 Å². The van der Waals surface area contributed by atoms with Gasteiger partial charge in [0.2, 0.25) is 0 Å². The molecule has 1 unspecified atom stereocenters. The van der Waals surface area contributed by atoms with Crippen LogP contribution in [0.15, 0.2) is 0 Å². The molecular weight excluding hydrogens is 292 g/mol. The van der Waals surface area contributed by atoms with E-state index >= 15 is 0 Å². The summed E-state index contributed by atoms with van der Waals surface area (Å²) in [5.74, 6) is 6.96. The Labute approximate surface area is 117 Å². The number of hydrogen-bond donors (Lipinski definition) is 0. The fourth-order valence-corrected chi connectivity index (χ4v) is 2.63. The van der Waals surface area contributed by atoms with E-state index in [9.17, 15) is 0 Å². The van der Waals surface area contributed by atoms with Gasteiger partial charge in [-0.2, -0.15) is 0 Å². The Morgan fingerprint density at radius 1 is 1.24 bits per heavy atom. The van der Waals surface area contributed by atoms with Gasteiger partial charge in [0.05, 0.1) is 5.33 Å². The standard InChI is InChI=1S/C14H27BrOSi/c1-12(2)11-13(9-8-10-15)16-17(6,7)14(3,4)5/h12-13H,10-11H2,1-7H3. The molecule has 0 heterocycles. The first kappa shape index (κ1) is 17.2. The molecule has 0 saturated carbocycles. The summed E-state index contributed by atoms with van der Waals surface area (Å²) in [6, 6.07) is 0. The Kier molecular flexibility index (Phi) is 7.06. The SMILES string of the molecule is CC(C)CC(C#CCBr)O[Si](C)(C)C(C)(C)C. The first-order chi connectivity index (χ1) is 7.60. The number of alkyl halides is 1. The first-order valence-corrected chi connectivity index (χ1v) is 10.4. The minimum atomic E-state index is -1.70. The fourth-order valence-electron chi connectivity index (χ4n) is 1.25. The van der Waals surface area contributed by atoms with Crippen LogP contribution in [0.1, 0.15) is 41.0 Å². The molecule has 0 aliphatic rings. The van der Waals surface area contributed by atoms with Gasteiger partial charge in [-0.15, -0.1) is 0 Å². The zero-order valence-corrected chi connectivity index (χ0v) is 14.9. The summed E-state index contributed by atoms with van der Waals surface area (Å²) in [6.07, 6.45) is 1.11. The van der Waals surface area contributed by atoms with Crippen molar-refractivity contribution >= 4 is 24.2 Å². The van der Waals surface area contributed by atoms with Gasteiger partial charge in [0, 0.05) is 0 Å². The molecule has 0 amide bonds. The maximum absolute atomic E-state index is 6.36. The lowest BCUT2D eigenvalue weighted by molar-refractivity contribution is 0.207. The van der Waals surface area contributed by atoms with Crippen LogP contribution in [0.2, 0.25) is 18.1 Å². The average molecular weight is 319 g/mol. The van der Waals surface area contributed by atoms with E-state index in [1.165, 1.54) is 0 Å². The Morgan fingerprint density at radius 3 is 2.12 bits per heavy atom. The Morgan fingerprint density at radius 2 is 1.76 bits per heavy atom. The van der Waals surface area contributed by atoms with E-state index in [2.05, 4.69) is 75.5 Å². The molecule has 0 rings (SSSR count). The molecular formula is C14H27BrOSi. The molecule has 0 radical (unpaired) electrons. The minimum absolute atomic E-state index is 0.0911. The molecule has 100 valence electrons. The van der Waals surface area contributed by atoms with Crippen LogP contribution in [0, 0.1) is 17.8 Å². The lowest BCUT2D eigenvalue weighted by Gasteiger charge is -2.38. The maximum Gasteiger partial charge on any atom is 0.193 e. The third kappa shape index (κ3) is 6.64. The summed E-state index contributed by atoms with van der Waals surface area (Å²) in [4.78, 5) is 0. The third-order valence-electron chi connectivity index (χ3n) is 3.26. The minimum Gasteiger partial charge on any atom is -0.403 e.